The van der Waals surface area contributed by atoms with E-state index >= 15 is 0 Å². The van der Waals surface area contributed by atoms with E-state index in [2.05, 4.69) is 76.9 Å². The Morgan fingerprint density at radius 2 is 1.72 bits per heavy atom. The summed E-state index contributed by atoms with van der Waals surface area (Å²) in [4.78, 5) is 1.43. The van der Waals surface area contributed by atoms with Crippen molar-refractivity contribution in [1.82, 2.24) is 0 Å². The number of halogens is 1. The zero-order valence-corrected chi connectivity index (χ0v) is 14.5. The summed E-state index contributed by atoms with van der Waals surface area (Å²) in [5.41, 5.74) is 1.42. The van der Waals surface area contributed by atoms with Crippen molar-refractivity contribution in [2.75, 3.05) is 0 Å². The SMILES string of the molecule is C[Se]c1ccccc1-c1sc2ccccc2c1I. The Morgan fingerprint density at radius 3 is 2.50 bits per heavy atom. The minimum atomic E-state index is 0.538. The monoisotopic (exact) mass is 430 g/mol. The molecular weight excluding hydrogens is 418 g/mol. The average Bonchev–Trinajstić information content (AvgIpc) is 2.76. The van der Waals surface area contributed by atoms with Gasteiger partial charge in [0.15, 0.2) is 0 Å². The molecule has 0 unspecified atom stereocenters. The van der Waals surface area contributed by atoms with E-state index in [-0.39, 0.29) is 0 Å². The van der Waals surface area contributed by atoms with E-state index in [4.69, 9.17) is 0 Å². The number of hydrogen-bond donors (Lipinski definition) is 0. The second-order valence-electron chi connectivity index (χ2n) is 3.94. The zero-order valence-electron chi connectivity index (χ0n) is 9.81. The van der Waals surface area contributed by atoms with Crippen LogP contribution in [0.2, 0.25) is 5.82 Å². The van der Waals surface area contributed by atoms with Crippen LogP contribution in [-0.2, 0) is 0 Å². The van der Waals surface area contributed by atoms with E-state index in [0.717, 1.165) is 0 Å². The molecule has 3 aromatic rings. The predicted molar refractivity (Wildman–Crippen MR) is 91.2 cm³/mol. The van der Waals surface area contributed by atoms with Crippen molar-refractivity contribution in [2.24, 2.45) is 0 Å². The third kappa shape index (κ3) is 2.14. The van der Waals surface area contributed by atoms with Crippen LogP contribution in [0.1, 0.15) is 0 Å². The summed E-state index contributed by atoms with van der Waals surface area (Å²) in [6.45, 7) is 0. The molecule has 0 fully saturated rings. The first kappa shape index (κ1) is 12.7. The summed E-state index contributed by atoms with van der Waals surface area (Å²) in [5, 5.41) is 1.39. The van der Waals surface area contributed by atoms with Crippen LogP contribution < -0.4 is 4.46 Å². The molecule has 0 atom stereocenters. The topological polar surface area (TPSA) is 0 Å². The number of fused-ring (bicyclic) bond motifs is 1. The predicted octanol–water partition coefficient (Wildman–Crippen LogP) is 4.55. The Morgan fingerprint density at radius 1 is 1.00 bits per heavy atom. The standard InChI is InChI=1S/C15H11ISSe/c1-18-13-9-5-3-7-11(13)15-14(16)10-6-2-4-8-12(10)17-15/h2-9H,1H3. The van der Waals surface area contributed by atoms with E-state index < -0.39 is 0 Å². The molecule has 18 heavy (non-hydrogen) atoms. The van der Waals surface area contributed by atoms with Crippen LogP contribution in [0.4, 0.5) is 0 Å². The van der Waals surface area contributed by atoms with E-state index in [0.29, 0.717) is 15.0 Å². The molecule has 0 spiro atoms. The van der Waals surface area contributed by atoms with E-state index in [1.165, 1.54) is 28.6 Å². The fourth-order valence-electron chi connectivity index (χ4n) is 2.02. The van der Waals surface area contributed by atoms with Crippen LogP contribution in [0.3, 0.4) is 0 Å². The van der Waals surface area contributed by atoms with E-state index in [1.54, 1.807) is 0 Å². The molecule has 90 valence electrons. The van der Waals surface area contributed by atoms with Gasteiger partial charge in [0, 0.05) is 0 Å². The molecule has 3 rings (SSSR count). The van der Waals surface area contributed by atoms with Gasteiger partial charge in [-0.25, -0.2) is 0 Å². The third-order valence-corrected chi connectivity index (χ3v) is 7.25. The molecule has 1 aromatic heterocycles. The Kier molecular flexibility index (Phi) is 3.75. The maximum absolute atomic E-state index is 2.49. The van der Waals surface area contributed by atoms with Crippen LogP contribution in [0.25, 0.3) is 20.5 Å². The van der Waals surface area contributed by atoms with Gasteiger partial charge in [0.2, 0.25) is 0 Å². The molecule has 0 amide bonds. The number of benzene rings is 2. The number of rotatable bonds is 2. The van der Waals surface area contributed by atoms with Gasteiger partial charge in [-0.3, -0.25) is 0 Å². The number of thiophene rings is 1. The van der Waals surface area contributed by atoms with Crippen molar-refractivity contribution in [3.05, 3.63) is 52.1 Å². The summed E-state index contributed by atoms with van der Waals surface area (Å²) in [7, 11) is 0. The maximum atomic E-state index is 2.49. The Balaban J connectivity index is 2.28. The van der Waals surface area contributed by atoms with Crippen LogP contribution in [0.15, 0.2) is 48.5 Å². The molecular formula is C15H11ISSe. The second-order valence-corrected chi connectivity index (χ2v) is 7.85. The van der Waals surface area contributed by atoms with Gasteiger partial charge >= 0.3 is 132 Å². The molecule has 0 aliphatic carbocycles. The van der Waals surface area contributed by atoms with Crippen molar-refractivity contribution < 1.29 is 0 Å². The van der Waals surface area contributed by atoms with E-state index in [1.807, 2.05) is 11.3 Å². The van der Waals surface area contributed by atoms with Crippen molar-refractivity contribution in [2.45, 2.75) is 5.82 Å². The molecule has 2 aromatic carbocycles. The fraction of sp³-hybridized carbons (Fsp3) is 0.0667. The molecule has 3 heteroatoms. The van der Waals surface area contributed by atoms with Crippen LogP contribution in [-0.4, -0.2) is 15.0 Å². The first-order valence-electron chi connectivity index (χ1n) is 5.61. The molecule has 0 N–H and O–H groups in total. The molecule has 0 aliphatic rings. The van der Waals surface area contributed by atoms with Crippen LogP contribution in [0.5, 0.6) is 0 Å². The van der Waals surface area contributed by atoms with Crippen molar-refractivity contribution in [1.29, 1.82) is 0 Å². The summed E-state index contributed by atoms with van der Waals surface area (Å²) in [5.74, 6) is 2.28. The Bertz CT molecular complexity index is 703. The van der Waals surface area contributed by atoms with Gasteiger partial charge in [0.1, 0.15) is 0 Å². The quantitative estimate of drug-likeness (QED) is 0.414. The molecule has 0 saturated heterocycles. The van der Waals surface area contributed by atoms with E-state index in [9.17, 15) is 0 Å². The second kappa shape index (κ2) is 5.33. The average molecular weight is 429 g/mol. The fourth-order valence-corrected chi connectivity index (χ4v) is 5.84. The van der Waals surface area contributed by atoms with Gasteiger partial charge in [-0.2, -0.15) is 0 Å². The summed E-state index contributed by atoms with van der Waals surface area (Å²) < 4.78 is 4.27. The first-order valence-corrected chi connectivity index (χ1v) is 10.1. The summed E-state index contributed by atoms with van der Waals surface area (Å²) >= 11 is 4.93. The van der Waals surface area contributed by atoms with Gasteiger partial charge in [-0.15, -0.1) is 0 Å². The molecule has 0 saturated carbocycles. The Labute approximate surface area is 131 Å². The molecule has 1 heterocycles. The van der Waals surface area contributed by atoms with Crippen molar-refractivity contribution in [3.8, 4) is 10.4 Å². The Hall–Kier alpha value is -0.351. The van der Waals surface area contributed by atoms with Crippen molar-refractivity contribution >= 4 is 63.4 Å². The number of hydrogen-bond acceptors (Lipinski definition) is 1. The minimum absolute atomic E-state index is 0.538. The van der Waals surface area contributed by atoms with Crippen LogP contribution >= 0.6 is 33.9 Å². The van der Waals surface area contributed by atoms with Crippen molar-refractivity contribution in [3.63, 3.8) is 0 Å². The summed E-state index contributed by atoms with van der Waals surface area (Å²) in [6.07, 6.45) is 0. The first-order chi connectivity index (χ1) is 8.81. The van der Waals surface area contributed by atoms with Gasteiger partial charge < -0.3 is 0 Å². The molecule has 0 nitrogen and oxygen atoms in total. The third-order valence-electron chi connectivity index (χ3n) is 2.89. The molecule has 0 aliphatic heterocycles. The van der Waals surface area contributed by atoms with Crippen LogP contribution in [0, 0.1) is 3.57 Å². The van der Waals surface area contributed by atoms with Gasteiger partial charge in [0.25, 0.3) is 0 Å². The van der Waals surface area contributed by atoms with Gasteiger partial charge in [-0.05, 0) is 0 Å². The van der Waals surface area contributed by atoms with Gasteiger partial charge in [0.05, 0.1) is 0 Å². The summed E-state index contributed by atoms with van der Waals surface area (Å²) in [6, 6.07) is 17.5. The normalized spacial score (nSPS) is 11.0. The molecule has 0 bridgehead atoms. The zero-order chi connectivity index (χ0) is 12.5. The molecule has 0 radical (unpaired) electrons. The van der Waals surface area contributed by atoms with Gasteiger partial charge in [-0.1, -0.05) is 0 Å².